The molecule has 0 saturated heterocycles. The first-order valence-electron chi connectivity index (χ1n) is 5.74. The Morgan fingerprint density at radius 3 is 2.94 bits per heavy atom. The van der Waals surface area contributed by atoms with Crippen molar-refractivity contribution in [2.24, 2.45) is 0 Å². The van der Waals surface area contributed by atoms with Crippen molar-refractivity contribution in [1.82, 2.24) is 4.98 Å². The van der Waals surface area contributed by atoms with E-state index in [0.717, 1.165) is 11.2 Å². The number of thiol groups is 1. The summed E-state index contributed by atoms with van der Waals surface area (Å²) in [6, 6.07) is 8.59. The minimum absolute atomic E-state index is 0.723. The number of fused-ring (bicyclic) bond motifs is 1. The smallest absolute Gasteiger partial charge is 0.0456 e. The van der Waals surface area contributed by atoms with E-state index in [2.05, 4.69) is 47.1 Å². The van der Waals surface area contributed by atoms with Crippen molar-refractivity contribution >= 4 is 33.4 Å². The van der Waals surface area contributed by atoms with E-state index in [1.807, 2.05) is 0 Å². The monoisotopic (exact) mass is 249 g/mol. The molecule has 2 atom stereocenters. The fourth-order valence-corrected chi connectivity index (χ4v) is 3.88. The van der Waals surface area contributed by atoms with Crippen molar-refractivity contribution in [3.63, 3.8) is 0 Å². The zero-order valence-electron chi connectivity index (χ0n) is 9.02. The lowest BCUT2D eigenvalue weighted by Crippen LogP contribution is -1.94. The van der Waals surface area contributed by atoms with Crippen LogP contribution < -0.4 is 0 Å². The predicted molar refractivity (Wildman–Crippen MR) is 75.3 cm³/mol. The summed E-state index contributed by atoms with van der Waals surface area (Å²) in [6.07, 6.45) is 6.08. The van der Waals surface area contributed by atoms with Crippen LogP contribution in [0.25, 0.3) is 10.9 Å². The van der Waals surface area contributed by atoms with Gasteiger partial charge in [-0.1, -0.05) is 29.0 Å². The highest BCUT2D eigenvalue weighted by molar-refractivity contribution is 8.68. The lowest BCUT2D eigenvalue weighted by Gasteiger charge is -2.08. The summed E-state index contributed by atoms with van der Waals surface area (Å²) < 4.78 is 0. The van der Waals surface area contributed by atoms with Gasteiger partial charge in [-0.25, -0.2) is 0 Å². The second-order valence-electron chi connectivity index (χ2n) is 4.53. The van der Waals surface area contributed by atoms with E-state index in [1.54, 1.807) is 10.8 Å². The van der Waals surface area contributed by atoms with Crippen LogP contribution in [0.1, 0.15) is 30.7 Å². The van der Waals surface area contributed by atoms with Gasteiger partial charge in [0.25, 0.3) is 0 Å². The summed E-state index contributed by atoms with van der Waals surface area (Å²) in [5.74, 6) is 0.723. The van der Waals surface area contributed by atoms with Crippen LogP contribution >= 0.6 is 22.5 Å². The highest BCUT2D eigenvalue weighted by atomic mass is 33.1. The van der Waals surface area contributed by atoms with Crippen LogP contribution in [0.5, 0.6) is 0 Å². The molecule has 3 rings (SSSR count). The Labute approximate surface area is 105 Å². The molecule has 0 aliphatic heterocycles. The maximum atomic E-state index is 4.34. The average Bonchev–Trinajstić information content (AvgIpc) is 2.94. The first-order valence-corrected chi connectivity index (χ1v) is 7.68. The Morgan fingerprint density at radius 2 is 2.12 bits per heavy atom. The SMILES string of the molecule is SSC1CCC(c2c[nH]c3ccccc23)C1. The molecule has 84 valence electrons. The van der Waals surface area contributed by atoms with Crippen LogP contribution in [0.3, 0.4) is 0 Å². The number of hydrogen-bond donors (Lipinski definition) is 2. The van der Waals surface area contributed by atoms with E-state index in [-0.39, 0.29) is 0 Å². The lowest BCUT2D eigenvalue weighted by atomic mass is 9.97. The number of rotatable bonds is 2. The van der Waals surface area contributed by atoms with Gasteiger partial charge < -0.3 is 4.98 Å². The molecule has 0 radical (unpaired) electrons. The first-order chi connectivity index (χ1) is 7.88. The molecule has 2 aromatic rings. The molecule has 16 heavy (non-hydrogen) atoms. The maximum Gasteiger partial charge on any atom is 0.0456 e. The van der Waals surface area contributed by atoms with Crippen molar-refractivity contribution in [2.45, 2.75) is 30.4 Å². The summed E-state index contributed by atoms with van der Waals surface area (Å²) in [4.78, 5) is 3.37. The minimum Gasteiger partial charge on any atom is -0.361 e. The van der Waals surface area contributed by atoms with Gasteiger partial charge in [-0.3, -0.25) is 0 Å². The van der Waals surface area contributed by atoms with Gasteiger partial charge in [-0.15, -0.1) is 11.7 Å². The standard InChI is InChI=1S/C13H15NS2/c15-16-10-6-5-9(7-10)12-8-14-13-4-2-1-3-11(12)13/h1-4,8-10,14-15H,5-7H2. The fraction of sp³-hybridized carbons (Fsp3) is 0.385. The Balaban J connectivity index is 1.95. The summed E-state index contributed by atoms with van der Waals surface area (Å²) >= 11 is 4.34. The Bertz CT molecular complexity index is 491. The number of para-hydroxylation sites is 1. The van der Waals surface area contributed by atoms with Gasteiger partial charge in [0.2, 0.25) is 0 Å². The second-order valence-corrected chi connectivity index (χ2v) is 6.04. The van der Waals surface area contributed by atoms with Crippen LogP contribution in [-0.4, -0.2) is 10.2 Å². The fourth-order valence-electron chi connectivity index (χ4n) is 2.75. The van der Waals surface area contributed by atoms with E-state index in [9.17, 15) is 0 Å². The van der Waals surface area contributed by atoms with Gasteiger partial charge in [-0.05, 0) is 36.8 Å². The molecule has 1 fully saturated rings. The molecule has 1 aromatic heterocycles. The topological polar surface area (TPSA) is 15.8 Å². The number of hydrogen-bond acceptors (Lipinski definition) is 2. The molecule has 1 aliphatic carbocycles. The van der Waals surface area contributed by atoms with Crippen molar-refractivity contribution in [3.05, 3.63) is 36.0 Å². The van der Waals surface area contributed by atoms with E-state index in [4.69, 9.17) is 0 Å². The van der Waals surface area contributed by atoms with Crippen molar-refractivity contribution in [2.75, 3.05) is 0 Å². The molecule has 1 N–H and O–H groups in total. The van der Waals surface area contributed by atoms with E-state index < -0.39 is 0 Å². The van der Waals surface area contributed by atoms with Gasteiger partial charge in [0, 0.05) is 22.3 Å². The third kappa shape index (κ3) is 1.76. The third-order valence-electron chi connectivity index (χ3n) is 3.59. The Morgan fingerprint density at radius 1 is 1.25 bits per heavy atom. The molecule has 1 saturated carbocycles. The number of nitrogens with one attached hydrogen (secondary N) is 1. The highest BCUT2D eigenvalue weighted by Crippen LogP contribution is 2.42. The zero-order chi connectivity index (χ0) is 11.0. The van der Waals surface area contributed by atoms with E-state index in [1.165, 1.54) is 35.7 Å². The number of aromatic nitrogens is 1. The molecule has 0 amide bonds. The van der Waals surface area contributed by atoms with Crippen LogP contribution in [0.2, 0.25) is 0 Å². The molecule has 0 spiro atoms. The van der Waals surface area contributed by atoms with Gasteiger partial charge in [0.15, 0.2) is 0 Å². The largest absolute Gasteiger partial charge is 0.361 e. The summed E-state index contributed by atoms with van der Waals surface area (Å²) in [5, 5.41) is 2.14. The minimum atomic E-state index is 0.723. The molecule has 3 heteroatoms. The van der Waals surface area contributed by atoms with Gasteiger partial charge in [0.05, 0.1) is 0 Å². The lowest BCUT2D eigenvalue weighted by molar-refractivity contribution is 0.731. The zero-order valence-corrected chi connectivity index (χ0v) is 10.7. The summed E-state index contributed by atoms with van der Waals surface area (Å²) in [5.41, 5.74) is 2.76. The first kappa shape index (κ1) is 10.6. The van der Waals surface area contributed by atoms with Crippen molar-refractivity contribution in [3.8, 4) is 0 Å². The number of benzene rings is 1. The molecule has 1 aromatic carbocycles. The second kappa shape index (κ2) is 4.38. The van der Waals surface area contributed by atoms with Crippen LogP contribution in [-0.2, 0) is 0 Å². The van der Waals surface area contributed by atoms with E-state index >= 15 is 0 Å². The Kier molecular flexibility index (Phi) is 2.90. The summed E-state index contributed by atoms with van der Waals surface area (Å²) in [7, 11) is 1.72. The average molecular weight is 249 g/mol. The van der Waals surface area contributed by atoms with Crippen LogP contribution in [0.4, 0.5) is 0 Å². The van der Waals surface area contributed by atoms with Gasteiger partial charge in [-0.2, -0.15) is 0 Å². The normalized spacial score (nSPS) is 25.3. The third-order valence-corrected chi connectivity index (χ3v) is 5.22. The van der Waals surface area contributed by atoms with Gasteiger partial charge >= 0.3 is 0 Å². The van der Waals surface area contributed by atoms with Crippen molar-refractivity contribution < 1.29 is 0 Å². The van der Waals surface area contributed by atoms with Crippen LogP contribution in [0, 0.1) is 0 Å². The maximum absolute atomic E-state index is 4.34. The molecule has 1 nitrogen and oxygen atoms in total. The van der Waals surface area contributed by atoms with E-state index in [0.29, 0.717) is 0 Å². The van der Waals surface area contributed by atoms with Crippen molar-refractivity contribution in [1.29, 1.82) is 0 Å². The number of aromatic amines is 1. The molecular formula is C13H15NS2. The quantitative estimate of drug-likeness (QED) is 0.596. The molecule has 1 aliphatic rings. The van der Waals surface area contributed by atoms with Gasteiger partial charge in [0.1, 0.15) is 0 Å². The molecule has 0 bridgehead atoms. The molecule has 1 heterocycles. The van der Waals surface area contributed by atoms with Crippen LogP contribution in [0.15, 0.2) is 30.5 Å². The molecular weight excluding hydrogens is 234 g/mol. The Hall–Kier alpha value is -0.540. The number of H-pyrrole nitrogens is 1. The summed E-state index contributed by atoms with van der Waals surface area (Å²) in [6.45, 7) is 0. The predicted octanol–water partition coefficient (Wildman–Crippen LogP) is 4.38. The highest BCUT2D eigenvalue weighted by Gasteiger charge is 2.27. The molecule has 2 unspecified atom stereocenters.